The van der Waals surface area contributed by atoms with Crippen LogP contribution in [0.5, 0.6) is 0 Å². The Bertz CT molecular complexity index is 841. The van der Waals surface area contributed by atoms with Gasteiger partial charge in [-0.15, -0.1) is 0 Å². The molecule has 0 radical (unpaired) electrons. The minimum atomic E-state index is -0.290. The summed E-state index contributed by atoms with van der Waals surface area (Å²) in [5.41, 5.74) is 8.53. The van der Waals surface area contributed by atoms with Crippen LogP contribution in [-0.4, -0.2) is 18.0 Å². The molecule has 2 rings (SSSR count). The van der Waals surface area contributed by atoms with Crippen LogP contribution in [0.4, 0.5) is 5.69 Å². The molecular weight excluding hydrogens is 326 g/mol. The van der Waals surface area contributed by atoms with Crippen molar-refractivity contribution in [2.75, 3.05) is 5.32 Å². The van der Waals surface area contributed by atoms with Crippen molar-refractivity contribution in [2.45, 2.75) is 40.5 Å². The maximum Gasteiger partial charge on any atom is 0.240 e. The summed E-state index contributed by atoms with van der Waals surface area (Å²) in [6.07, 6.45) is 1.81. The maximum absolute atomic E-state index is 12.0. The Hall–Kier alpha value is -2.95. The molecule has 0 atom stereocenters. The molecule has 0 heterocycles. The zero-order valence-electron chi connectivity index (χ0n) is 15.7. The van der Waals surface area contributed by atoms with Crippen molar-refractivity contribution in [1.29, 1.82) is 0 Å². The lowest BCUT2D eigenvalue weighted by molar-refractivity contribution is -0.124. The highest BCUT2D eigenvalue weighted by Crippen LogP contribution is 2.16. The Morgan fingerprint density at radius 1 is 0.885 bits per heavy atom. The molecule has 0 fully saturated rings. The highest BCUT2D eigenvalue weighted by molar-refractivity contribution is 5.94. The lowest BCUT2D eigenvalue weighted by Gasteiger charge is -2.09. The van der Waals surface area contributed by atoms with Gasteiger partial charge in [0.05, 0.1) is 6.21 Å². The van der Waals surface area contributed by atoms with Crippen LogP contribution in [0.25, 0.3) is 0 Å². The molecule has 0 unspecified atom stereocenters. The van der Waals surface area contributed by atoms with Gasteiger partial charge in [-0.05, 0) is 56.0 Å². The molecule has 2 amide bonds. The Morgan fingerprint density at radius 3 is 2.27 bits per heavy atom. The van der Waals surface area contributed by atoms with E-state index < -0.39 is 0 Å². The first-order chi connectivity index (χ1) is 12.3. The topological polar surface area (TPSA) is 70.6 Å². The minimum absolute atomic E-state index is 0.0842. The number of nitrogens with zero attached hydrogens (tertiary/aromatic N) is 1. The molecule has 136 valence electrons. The minimum Gasteiger partial charge on any atom is -0.326 e. The largest absolute Gasteiger partial charge is 0.326 e. The number of anilines is 1. The first-order valence-corrected chi connectivity index (χ1v) is 8.61. The van der Waals surface area contributed by atoms with Gasteiger partial charge in [0.1, 0.15) is 0 Å². The molecule has 0 saturated carbocycles. The van der Waals surface area contributed by atoms with Gasteiger partial charge in [0.2, 0.25) is 11.8 Å². The second-order valence-electron chi connectivity index (χ2n) is 6.52. The van der Waals surface area contributed by atoms with E-state index in [1.54, 1.807) is 6.21 Å². The van der Waals surface area contributed by atoms with Crippen molar-refractivity contribution in [2.24, 2.45) is 5.10 Å². The van der Waals surface area contributed by atoms with E-state index in [1.807, 2.05) is 58.0 Å². The predicted molar refractivity (Wildman–Crippen MR) is 105 cm³/mol. The van der Waals surface area contributed by atoms with Crippen molar-refractivity contribution >= 4 is 23.7 Å². The fraction of sp³-hybridized carbons (Fsp3) is 0.286. The number of hydrazone groups is 1. The molecule has 2 aromatic carbocycles. The number of nitrogens with one attached hydrogen (secondary N) is 2. The summed E-state index contributed by atoms with van der Waals surface area (Å²) >= 11 is 0. The van der Waals surface area contributed by atoms with E-state index in [1.165, 1.54) is 5.56 Å². The molecule has 26 heavy (non-hydrogen) atoms. The van der Waals surface area contributed by atoms with E-state index in [4.69, 9.17) is 0 Å². The van der Waals surface area contributed by atoms with Gasteiger partial charge in [-0.3, -0.25) is 9.59 Å². The van der Waals surface area contributed by atoms with Crippen molar-refractivity contribution in [3.05, 3.63) is 64.2 Å². The smallest absolute Gasteiger partial charge is 0.240 e. The molecule has 5 nitrogen and oxygen atoms in total. The van der Waals surface area contributed by atoms with E-state index in [-0.39, 0.29) is 24.7 Å². The number of hydrogen-bond donors (Lipinski definition) is 2. The number of carbonyl (C=O) groups is 2. The van der Waals surface area contributed by atoms with E-state index in [9.17, 15) is 9.59 Å². The van der Waals surface area contributed by atoms with E-state index in [0.717, 1.165) is 27.9 Å². The summed E-state index contributed by atoms with van der Waals surface area (Å²) < 4.78 is 0. The van der Waals surface area contributed by atoms with Crippen LogP contribution in [0, 0.1) is 27.7 Å². The van der Waals surface area contributed by atoms with Crippen LogP contribution in [-0.2, 0) is 9.59 Å². The Kier molecular flexibility index (Phi) is 6.67. The standard InChI is InChI=1S/C21H25N3O2/c1-14-6-8-18(17(4)11-14)13-22-24-21(26)10-9-20(25)23-19-12-15(2)5-7-16(19)3/h5-8,11-13H,9-10H2,1-4H3,(H,23,25)(H,24,26). The molecule has 0 saturated heterocycles. The van der Waals surface area contributed by atoms with Crippen molar-refractivity contribution in [3.8, 4) is 0 Å². The van der Waals surface area contributed by atoms with Gasteiger partial charge in [-0.2, -0.15) is 5.10 Å². The molecule has 0 aliphatic heterocycles. The maximum atomic E-state index is 12.0. The van der Waals surface area contributed by atoms with E-state index >= 15 is 0 Å². The molecular formula is C21H25N3O2. The Morgan fingerprint density at radius 2 is 1.54 bits per heavy atom. The normalized spacial score (nSPS) is 10.8. The highest BCUT2D eigenvalue weighted by Gasteiger charge is 2.08. The van der Waals surface area contributed by atoms with Crippen LogP contribution in [0.15, 0.2) is 41.5 Å². The van der Waals surface area contributed by atoms with Crippen molar-refractivity contribution in [1.82, 2.24) is 5.43 Å². The Labute approximate surface area is 154 Å². The number of amides is 2. The predicted octanol–water partition coefficient (Wildman–Crippen LogP) is 3.79. The molecule has 0 bridgehead atoms. The molecule has 0 spiro atoms. The molecule has 5 heteroatoms. The summed E-state index contributed by atoms with van der Waals surface area (Å²) in [6.45, 7) is 7.92. The van der Waals surface area contributed by atoms with Gasteiger partial charge in [-0.25, -0.2) is 5.43 Å². The summed E-state index contributed by atoms with van der Waals surface area (Å²) in [6, 6.07) is 11.9. The zero-order valence-corrected chi connectivity index (χ0v) is 15.7. The number of carbonyl (C=O) groups excluding carboxylic acids is 2. The molecule has 2 aromatic rings. The second-order valence-corrected chi connectivity index (χ2v) is 6.52. The van der Waals surface area contributed by atoms with Gasteiger partial charge >= 0.3 is 0 Å². The highest BCUT2D eigenvalue weighted by atomic mass is 16.2. The first-order valence-electron chi connectivity index (χ1n) is 8.61. The summed E-state index contributed by atoms with van der Waals surface area (Å²) in [5.74, 6) is -0.477. The third kappa shape index (κ3) is 5.84. The van der Waals surface area contributed by atoms with Crippen LogP contribution in [0.1, 0.15) is 40.7 Å². The fourth-order valence-corrected chi connectivity index (χ4v) is 2.51. The van der Waals surface area contributed by atoms with Gasteiger partial charge in [0, 0.05) is 18.5 Å². The molecule has 0 aromatic heterocycles. The zero-order chi connectivity index (χ0) is 19.1. The van der Waals surface area contributed by atoms with Crippen LogP contribution in [0.2, 0.25) is 0 Å². The summed E-state index contributed by atoms with van der Waals surface area (Å²) in [4.78, 5) is 23.9. The summed E-state index contributed by atoms with van der Waals surface area (Å²) in [5, 5.41) is 6.81. The van der Waals surface area contributed by atoms with E-state index in [0.29, 0.717) is 0 Å². The lowest BCUT2D eigenvalue weighted by atomic mass is 10.1. The second kappa shape index (κ2) is 8.94. The molecule has 0 aliphatic carbocycles. The molecule has 0 aliphatic rings. The van der Waals surface area contributed by atoms with Crippen LogP contribution >= 0.6 is 0 Å². The van der Waals surface area contributed by atoms with Gasteiger partial charge in [-0.1, -0.05) is 35.9 Å². The Balaban J connectivity index is 1.80. The summed E-state index contributed by atoms with van der Waals surface area (Å²) in [7, 11) is 0. The first kappa shape index (κ1) is 19.4. The van der Waals surface area contributed by atoms with Crippen LogP contribution < -0.4 is 10.7 Å². The average Bonchev–Trinajstić information content (AvgIpc) is 2.58. The monoisotopic (exact) mass is 351 g/mol. The lowest BCUT2D eigenvalue weighted by Crippen LogP contribution is -2.21. The quantitative estimate of drug-likeness (QED) is 0.614. The number of aryl methyl sites for hydroxylation is 4. The fourth-order valence-electron chi connectivity index (χ4n) is 2.51. The van der Waals surface area contributed by atoms with Crippen LogP contribution in [0.3, 0.4) is 0 Å². The third-order valence-electron chi connectivity index (χ3n) is 4.06. The number of rotatable bonds is 6. The average molecular weight is 351 g/mol. The number of hydrogen-bond acceptors (Lipinski definition) is 3. The van der Waals surface area contributed by atoms with Gasteiger partial charge < -0.3 is 5.32 Å². The van der Waals surface area contributed by atoms with Crippen molar-refractivity contribution in [3.63, 3.8) is 0 Å². The van der Waals surface area contributed by atoms with Gasteiger partial charge in [0.25, 0.3) is 0 Å². The number of benzene rings is 2. The van der Waals surface area contributed by atoms with Crippen molar-refractivity contribution < 1.29 is 9.59 Å². The third-order valence-corrected chi connectivity index (χ3v) is 4.06. The SMILES string of the molecule is Cc1ccc(C=NNC(=O)CCC(=O)Nc2cc(C)ccc2C)c(C)c1. The molecule has 2 N–H and O–H groups in total. The van der Waals surface area contributed by atoms with E-state index in [2.05, 4.69) is 21.9 Å². The van der Waals surface area contributed by atoms with Gasteiger partial charge in [0.15, 0.2) is 0 Å².